The molecular formula is C12H21ClN2O2S2. The van der Waals surface area contributed by atoms with Crippen molar-refractivity contribution in [2.24, 2.45) is 5.41 Å². The Bertz CT molecular complexity index is 508. The van der Waals surface area contributed by atoms with Crippen molar-refractivity contribution in [2.75, 3.05) is 19.6 Å². The van der Waals surface area contributed by atoms with Gasteiger partial charge in [0, 0.05) is 11.4 Å². The number of aryl methyl sites for hydroxylation is 1. The summed E-state index contributed by atoms with van der Waals surface area (Å²) >= 11 is 1.32. The van der Waals surface area contributed by atoms with Gasteiger partial charge < -0.3 is 5.32 Å². The van der Waals surface area contributed by atoms with Crippen LogP contribution < -0.4 is 10.0 Å². The SMILES string of the molecule is Cc1ccc(S(=O)(=O)NCC2(C)CCNCC2)s1.Cl. The summed E-state index contributed by atoms with van der Waals surface area (Å²) in [5.74, 6) is 0. The van der Waals surface area contributed by atoms with Crippen LogP contribution >= 0.6 is 23.7 Å². The normalized spacial score (nSPS) is 18.8. The zero-order valence-corrected chi connectivity index (χ0v) is 13.7. The van der Waals surface area contributed by atoms with Crippen molar-refractivity contribution in [1.82, 2.24) is 10.0 Å². The summed E-state index contributed by atoms with van der Waals surface area (Å²) in [7, 11) is -3.33. The highest BCUT2D eigenvalue weighted by atomic mass is 35.5. The maximum Gasteiger partial charge on any atom is 0.250 e. The van der Waals surface area contributed by atoms with Crippen LogP contribution in [0.1, 0.15) is 24.6 Å². The molecule has 0 unspecified atom stereocenters. The van der Waals surface area contributed by atoms with Crippen LogP contribution in [0.4, 0.5) is 0 Å². The number of hydrogen-bond acceptors (Lipinski definition) is 4. The van der Waals surface area contributed by atoms with Gasteiger partial charge >= 0.3 is 0 Å². The number of nitrogens with one attached hydrogen (secondary N) is 2. The van der Waals surface area contributed by atoms with Crippen molar-refractivity contribution in [3.8, 4) is 0 Å². The molecule has 7 heteroatoms. The van der Waals surface area contributed by atoms with Crippen molar-refractivity contribution in [3.05, 3.63) is 17.0 Å². The van der Waals surface area contributed by atoms with Gasteiger partial charge in [0.15, 0.2) is 0 Å². The Morgan fingerprint density at radius 1 is 1.37 bits per heavy atom. The van der Waals surface area contributed by atoms with Gasteiger partial charge in [-0.2, -0.15) is 0 Å². The van der Waals surface area contributed by atoms with Gasteiger partial charge in [0.25, 0.3) is 0 Å². The summed E-state index contributed by atoms with van der Waals surface area (Å²) in [6.45, 7) is 6.52. The second-order valence-electron chi connectivity index (χ2n) is 5.25. The van der Waals surface area contributed by atoms with Gasteiger partial charge in [-0.1, -0.05) is 6.92 Å². The summed E-state index contributed by atoms with van der Waals surface area (Å²) in [5.41, 5.74) is 0.0740. The molecule has 2 rings (SSSR count). The van der Waals surface area contributed by atoms with Gasteiger partial charge in [-0.3, -0.25) is 0 Å². The second kappa shape index (κ2) is 6.54. The minimum Gasteiger partial charge on any atom is -0.317 e. The summed E-state index contributed by atoms with van der Waals surface area (Å²) in [4.78, 5) is 1.02. The topological polar surface area (TPSA) is 58.2 Å². The Kier molecular flexibility index (Phi) is 5.82. The molecule has 1 saturated heterocycles. The molecular weight excluding hydrogens is 304 g/mol. The highest BCUT2D eigenvalue weighted by Crippen LogP contribution is 2.28. The first-order valence-electron chi connectivity index (χ1n) is 6.18. The molecule has 0 spiro atoms. The van der Waals surface area contributed by atoms with Crippen LogP contribution in [0, 0.1) is 12.3 Å². The van der Waals surface area contributed by atoms with Crippen molar-refractivity contribution in [3.63, 3.8) is 0 Å². The third-order valence-electron chi connectivity index (χ3n) is 3.48. The molecule has 110 valence electrons. The molecule has 1 fully saturated rings. The minimum absolute atomic E-state index is 0. The molecule has 0 bridgehead atoms. The molecule has 4 nitrogen and oxygen atoms in total. The fraction of sp³-hybridized carbons (Fsp3) is 0.667. The molecule has 0 atom stereocenters. The molecule has 1 aliphatic heterocycles. The standard InChI is InChI=1S/C12H20N2O2S2.ClH/c1-10-3-4-11(17-10)18(15,16)14-9-12(2)5-7-13-8-6-12;/h3-4,13-14H,5-9H2,1-2H3;1H. The number of thiophene rings is 1. The Morgan fingerprint density at radius 3 is 2.53 bits per heavy atom. The first-order valence-corrected chi connectivity index (χ1v) is 8.48. The van der Waals surface area contributed by atoms with E-state index in [0.29, 0.717) is 10.8 Å². The predicted octanol–water partition coefficient (Wildman–Crippen LogP) is 2.15. The Hall–Kier alpha value is -0.140. The van der Waals surface area contributed by atoms with E-state index >= 15 is 0 Å². The van der Waals surface area contributed by atoms with Crippen LogP contribution in [0.5, 0.6) is 0 Å². The number of rotatable bonds is 4. The molecule has 1 aromatic rings. The van der Waals surface area contributed by atoms with Gasteiger partial charge in [0.2, 0.25) is 10.0 Å². The Balaban J connectivity index is 0.00000180. The lowest BCUT2D eigenvalue weighted by atomic mass is 9.81. The van der Waals surface area contributed by atoms with E-state index in [1.54, 1.807) is 6.07 Å². The van der Waals surface area contributed by atoms with Gasteiger partial charge in [0.1, 0.15) is 4.21 Å². The predicted molar refractivity (Wildman–Crippen MR) is 81.7 cm³/mol. The smallest absolute Gasteiger partial charge is 0.250 e. The van der Waals surface area contributed by atoms with Crippen molar-refractivity contribution >= 4 is 33.8 Å². The summed E-state index contributed by atoms with van der Waals surface area (Å²) < 4.78 is 27.4. The second-order valence-corrected chi connectivity index (χ2v) is 8.53. The first-order chi connectivity index (χ1) is 8.41. The molecule has 1 aromatic heterocycles. The lowest BCUT2D eigenvalue weighted by Crippen LogP contribution is -2.42. The maximum atomic E-state index is 12.1. The third kappa shape index (κ3) is 4.43. The average molecular weight is 325 g/mol. The van der Waals surface area contributed by atoms with Gasteiger partial charge in [0.05, 0.1) is 0 Å². The first kappa shape index (κ1) is 16.9. The maximum absolute atomic E-state index is 12.1. The van der Waals surface area contributed by atoms with Gasteiger partial charge in [-0.05, 0) is 50.4 Å². The Morgan fingerprint density at radius 2 is 2.00 bits per heavy atom. The van der Waals surface area contributed by atoms with Crippen LogP contribution in [-0.2, 0) is 10.0 Å². The van der Waals surface area contributed by atoms with Crippen molar-refractivity contribution < 1.29 is 8.42 Å². The molecule has 0 radical (unpaired) electrons. The average Bonchev–Trinajstić information content (AvgIpc) is 2.76. The number of sulfonamides is 1. The van der Waals surface area contributed by atoms with E-state index in [9.17, 15) is 8.42 Å². The van der Waals surface area contributed by atoms with E-state index in [2.05, 4.69) is 17.0 Å². The van der Waals surface area contributed by atoms with Gasteiger partial charge in [-0.15, -0.1) is 23.7 Å². The van der Waals surface area contributed by atoms with Crippen LogP contribution in [0.2, 0.25) is 0 Å². The molecule has 0 saturated carbocycles. The van der Waals surface area contributed by atoms with Crippen molar-refractivity contribution in [2.45, 2.75) is 30.9 Å². The van der Waals surface area contributed by atoms with E-state index in [1.807, 2.05) is 13.0 Å². The summed E-state index contributed by atoms with van der Waals surface area (Å²) in [6.07, 6.45) is 2.03. The molecule has 0 aromatic carbocycles. The van der Waals surface area contributed by atoms with Crippen molar-refractivity contribution in [1.29, 1.82) is 0 Å². The lowest BCUT2D eigenvalue weighted by Gasteiger charge is -2.33. The zero-order valence-electron chi connectivity index (χ0n) is 11.2. The van der Waals surface area contributed by atoms with Crippen LogP contribution in [-0.4, -0.2) is 28.1 Å². The van der Waals surface area contributed by atoms with Crippen LogP contribution in [0.15, 0.2) is 16.3 Å². The molecule has 0 amide bonds. The highest BCUT2D eigenvalue weighted by Gasteiger charge is 2.29. The van der Waals surface area contributed by atoms with Crippen LogP contribution in [0.3, 0.4) is 0 Å². The highest BCUT2D eigenvalue weighted by molar-refractivity contribution is 7.91. The fourth-order valence-electron chi connectivity index (χ4n) is 2.10. The van der Waals surface area contributed by atoms with E-state index in [0.717, 1.165) is 30.8 Å². The number of hydrogen-bond donors (Lipinski definition) is 2. The molecule has 2 heterocycles. The largest absolute Gasteiger partial charge is 0.317 e. The quantitative estimate of drug-likeness (QED) is 0.892. The number of piperidine rings is 1. The lowest BCUT2D eigenvalue weighted by molar-refractivity contribution is 0.232. The molecule has 2 N–H and O–H groups in total. The fourth-order valence-corrected chi connectivity index (χ4v) is 4.63. The molecule has 19 heavy (non-hydrogen) atoms. The van der Waals surface area contributed by atoms with E-state index in [4.69, 9.17) is 0 Å². The minimum atomic E-state index is -3.33. The zero-order chi connectivity index (χ0) is 13.2. The summed E-state index contributed by atoms with van der Waals surface area (Å²) in [6, 6.07) is 3.51. The third-order valence-corrected chi connectivity index (χ3v) is 6.37. The molecule has 1 aliphatic rings. The Labute approximate surface area is 125 Å². The number of halogens is 1. The monoisotopic (exact) mass is 324 g/mol. The molecule has 0 aliphatic carbocycles. The van der Waals surface area contributed by atoms with Crippen LogP contribution in [0.25, 0.3) is 0 Å². The van der Waals surface area contributed by atoms with Gasteiger partial charge in [-0.25, -0.2) is 13.1 Å². The van der Waals surface area contributed by atoms with E-state index in [1.165, 1.54) is 11.3 Å². The van der Waals surface area contributed by atoms with E-state index in [-0.39, 0.29) is 17.8 Å². The summed E-state index contributed by atoms with van der Waals surface area (Å²) in [5, 5.41) is 3.30. The van der Waals surface area contributed by atoms with E-state index < -0.39 is 10.0 Å².